The molecule has 6 nitrogen and oxygen atoms in total. The number of nitrogens with zero attached hydrogens (tertiary/aromatic N) is 2. The number of carboxylic acid groups (broad SMARTS) is 1. The number of aromatic carboxylic acids is 1. The number of fused-ring (bicyclic) bond motifs is 1. The molecule has 6 heteroatoms. The van der Waals surface area contributed by atoms with Gasteiger partial charge in [-0.3, -0.25) is 0 Å². The summed E-state index contributed by atoms with van der Waals surface area (Å²) in [5.74, 6) is 0.0804. The van der Waals surface area contributed by atoms with E-state index < -0.39 is 5.97 Å². The van der Waals surface area contributed by atoms with Crippen LogP contribution >= 0.6 is 0 Å². The normalized spacial score (nSPS) is 13.2. The van der Waals surface area contributed by atoms with Crippen LogP contribution < -0.4 is 5.32 Å². The van der Waals surface area contributed by atoms with Crippen LogP contribution in [0.2, 0.25) is 0 Å². The Morgan fingerprint density at radius 3 is 3.00 bits per heavy atom. The molecule has 0 unspecified atom stereocenters. The van der Waals surface area contributed by atoms with Gasteiger partial charge in [0.25, 0.3) is 0 Å². The van der Waals surface area contributed by atoms with Crippen molar-refractivity contribution in [2.24, 2.45) is 0 Å². The molecule has 0 saturated carbocycles. The van der Waals surface area contributed by atoms with E-state index in [9.17, 15) is 9.90 Å². The minimum atomic E-state index is -0.969. The number of aryl methyl sites for hydroxylation is 3. The van der Waals surface area contributed by atoms with Crippen LogP contribution in [-0.4, -0.2) is 21.2 Å². The van der Waals surface area contributed by atoms with Crippen molar-refractivity contribution in [3.8, 4) is 0 Å². The van der Waals surface area contributed by atoms with Gasteiger partial charge in [-0.25, -0.2) is 9.78 Å². The van der Waals surface area contributed by atoms with Gasteiger partial charge in [0.05, 0.1) is 12.2 Å². The molecule has 104 valence electrons. The number of nitrogens with one attached hydrogen (secondary N) is 1. The van der Waals surface area contributed by atoms with E-state index in [1.807, 2.05) is 6.92 Å². The molecule has 1 aliphatic carbocycles. The van der Waals surface area contributed by atoms with Crippen LogP contribution in [0, 0.1) is 6.92 Å². The number of carbonyl (C=O) groups is 1. The van der Waals surface area contributed by atoms with Crippen molar-refractivity contribution >= 4 is 11.8 Å². The molecule has 0 fully saturated rings. The van der Waals surface area contributed by atoms with Crippen molar-refractivity contribution in [2.75, 3.05) is 5.32 Å². The molecular formula is C14H15N3O3. The van der Waals surface area contributed by atoms with Crippen LogP contribution in [0.25, 0.3) is 0 Å². The summed E-state index contributed by atoms with van der Waals surface area (Å²) in [6.07, 6.45) is 2.85. The second-order valence-electron chi connectivity index (χ2n) is 4.94. The molecule has 0 saturated heterocycles. The number of hydrogen-bond acceptors (Lipinski definition) is 5. The van der Waals surface area contributed by atoms with Crippen LogP contribution in [0.3, 0.4) is 0 Å². The average molecular weight is 273 g/mol. The number of aromatic nitrogens is 2. The first-order chi connectivity index (χ1) is 9.63. The molecule has 2 aromatic heterocycles. The van der Waals surface area contributed by atoms with Crippen molar-refractivity contribution in [3.05, 3.63) is 40.4 Å². The van der Waals surface area contributed by atoms with Crippen LogP contribution in [0.1, 0.15) is 39.5 Å². The van der Waals surface area contributed by atoms with Crippen LogP contribution in [0.5, 0.6) is 0 Å². The van der Waals surface area contributed by atoms with Gasteiger partial charge in [-0.2, -0.15) is 0 Å². The minimum Gasteiger partial charge on any atom is -0.478 e. The number of pyridine rings is 1. The molecule has 0 aliphatic heterocycles. The van der Waals surface area contributed by atoms with Crippen LogP contribution in [0.15, 0.2) is 16.7 Å². The van der Waals surface area contributed by atoms with E-state index in [0.717, 1.165) is 36.2 Å². The molecule has 20 heavy (non-hydrogen) atoms. The fourth-order valence-corrected chi connectivity index (χ4v) is 2.44. The summed E-state index contributed by atoms with van der Waals surface area (Å²) < 4.78 is 5.09. The zero-order chi connectivity index (χ0) is 14.1. The molecule has 0 amide bonds. The summed E-state index contributed by atoms with van der Waals surface area (Å²) in [7, 11) is 0. The van der Waals surface area contributed by atoms with Gasteiger partial charge in [0.2, 0.25) is 0 Å². The summed E-state index contributed by atoms with van der Waals surface area (Å²) >= 11 is 0. The maximum absolute atomic E-state index is 11.3. The lowest BCUT2D eigenvalue weighted by molar-refractivity contribution is 0.0697. The Balaban J connectivity index is 1.86. The smallest absolute Gasteiger partial charge is 0.339 e. The summed E-state index contributed by atoms with van der Waals surface area (Å²) in [6.45, 7) is 2.20. The molecule has 1 aliphatic rings. The second-order valence-corrected chi connectivity index (χ2v) is 4.94. The van der Waals surface area contributed by atoms with E-state index in [0.29, 0.717) is 18.1 Å². The summed E-state index contributed by atoms with van der Waals surface area (Å²) in [4.78, 5) is 15.8. The van der Waals surface area contributed by atoms with E-state index in [1.165, 1.54) is 0 Å². The maximum atomic E-state index is 11.3. The van der Waals surface area contributed by atoms with Gasteiger partial charge in [0.1, 0.15) is 11.4 Å². The van der Waals surface area contributed by atoms with Crippen molar-refractivity contribution in [2.45, 2.75) is 32.7 Å². The maximum Gasteiger partial charge on any atom is 0.339 e. The number of carboxylic acids is 1. The van der Waals surface area contributed by atoms with E-state index in [2.05, 4.69) is 15.5 Å². The van der Waals surface area contributed by atoms with Crippen LogP contribution in [-0.2, 0) is 19.4 Å². The Morgan fingerprint density at radius 1 is 1.45 bits per heavy atom. The van der Waals surface area contributed by atoms with E-state index in [1.54, 1.807) is 12.1 Å². The molecule has 3 rings (SSSR count). The Hall–Kier alpha value is -2.37. The highest BCUT2D eigenvalue weighted by molar-refractivity contribution is 5.93. The fraction of sp³-hybridized carbons (Fsp3) is 0.357. The Bertz CT molecular complexity index is 664. The lowest BCUT2D eigenvalue weighted by atomic mass is 10.1. The first-order valence-corrected chi connectivity index (χ1v) is 6.55. The van der Waals surface area contributed by atoms with Gasteiger partial charge in [0.15, 0.2) is 5.76 Å². The summed E-state index contributed by atoms with van der Waals surface area (Å²) in [6, 6.07) is 3.53. The first kappa shape index (κ1) is 12.7. The van der Waals surface area contributed by atoms with Gasteiger partial charge >= 0.3 is 5.97 Å². The number of rotatable bonds is 4. The van der Waals surface area contributed by atoms with Crippen molar-refractivity contribution in [3.63, 3.8) is 0 Å². The zero-order valence-corrected chi connectivity index (χ0v) is 11.1. The van der Waals surface area contributed by atoms with Gasteiger partial charge in [-0.1, -0.05) is 5.16 Å². The van der Waals surface area contributed by atoms with E-state index in [4.69, 9.17) is 4.52 Å². The van der Waals surface area contributed by atoms with Gasteiger partial charge < -0.3 is 14.9 Å². The third kappa shape index (κ3) is 2.36. The van der Waals surface area contributed by atoms with Crippen molar-refractivity contribution in [1.29, 1.82) is 0 Å². The van der Waals surface area contributed by atoms with Gasteiger partial charge in [0, 0.05) is 11.8 Å². The number of anilines is 1. The molecule has 2 N–H and O–H groups in total. The number of hydrogen-bond donors (Lipinski definition) is 2. The monoisotopic (exact) mass is 273 g/mol. The highest BCUT2D eigenvalue weighted by Crippen LogP contribution is 2.25. The largest absolute Gasteiger partial charge is 0.478 e. The van der Waals surface area contributed by atoms with Gasteiger partial charge in [-0.05, 0) is 37.8 Å². The molecule has 0 aromatic carbocycles. The van der Waals surface area contributed by atoms with Gasteiger partial charge in [-0.15, -0.1) is 0 Å². The summed E-state index contributed by atoms with van der Waals surface area (Å²) in [5, 5.41) is 16.1. The predicted molar refractivity (Wildman–Crippen MR) is 71.8 cm³/mol. The second kappa shape index (κ2) is 4.96. The predicted octanol–water partition coefficient (Wildman–Crippen LogP) is 2.18. The average Bonchev–Trinajstić information content (AvgIpc) is 3.03. The first-order valence-electron chi connectivity index (χ1n) is 6.55. The highest BCUT2D eigenvalue weighted by Gasteiger charge is 2.20. The van der Waals surface area contributed by atoms with Crippen molar-refractivity contribution in [1.82, 2.24) is 10.1 Å². The molecule has 0 bridgehead atoms. The molecule has 0 atom stereocenters. The third-order valence-corrected chi connectivity index (χ3v) is 3.39. The topological polar surface area (TPSA) is 88.2 Å². The summed E-state index contributed by atoms with van der Waals surface area (Å²) in [5.41, 5.74) is 3.04. The molecule has 0 radical (unpaired) electrons. The highest BCUT2D eigenvalue weighted by atomic mass is 16.5. The lowest BCUT2D eigenvalue weighted by Crippen LogP contribution is -2.10. The molecular weight excluding hydrogens is 258 g/mol. The Morgan fingerprint density at radius 2 is 2.30 bits per heavy atom. The Labute approximate surface area is 115 Å². The molecule has 0 spiro atoms. The van der Waals surface area contributed by atoms with Crippen LogP contribution in [0.4, 0.5) is 5.82 Å². The SMILES string of the molecule is Cc1cc(CNc2nc3c(cc2C(=O)O)CCC3)on1. The lowest BCUT2D eigenvalue weighted by Gasteiger charge is -2.09. The third-order valence-electron chi connectivity index (χ3n) is 3.39. The van der Waals surface area contributed by atoms with Crippen molar-refractivity contribution < 1.29 is 14.4 Å². The fourth-order valence-electron chi connectivity index (χ4n) is 2.44. The molecule has 2 aromatic rings. The van der Waals surface area contributed by atoms with E-state index in [-0.39, 0.29) is 5.56 Å². The minimum absolute atomic E-state index is 0.210. The molecule has 2 heterocycles. The van der Waals surface area contributed by atoms with E-state index >= 15 is 0 Å². The quantitative estimate of drug-likeness (QED) is 0.887. The Kier molecular flexibility index (Phi) is 3.14. The standard InChI is InChI=1S/C14H15N3O3/c1-8-5-10(20-17-8)7-15-13-11(14(18)19)6-9-3-2-4-12(9)16-13/h5-6H,2-4,7H2,1H3,(H,15,16)(H,18,19). The zero-order valence-electron chi connectivity index (χ0n) is 11.1.